The Hall–Kier alpha value is -0.700. The Kier molecular flexibility index (Phi) is 3.19. The molecular formula is C11H11Cl2NO. The predicted molar refractivity (Wildman–Crippen MR) is 63.7 cm³/mol. The summed E-state index contributed by atoms with van der Waals surface area (Å²) in [7, 11) is 0. The third kappa shape index (κ3) is 1.98. The Labute approximate surface area is 98.0 Å². The van der Waals surface area contributed by atoms with E-state index < -0.39 is 0 Å². The van der Waals surface area contributed by atoms with E-state index in [2.05, 4.69) is 0 Å². The first-order chi connectivity index (χ1) is 7.24. The van der Waals surface area contributed by atoms with E-state index in [-0.39, 0.29) is 6.61 Å². The lowest BCUT2D eigenvalue weighted by atomic mass is 10.2. The molecule has 2 aromatic rings. The number of benzene rings is 1. The number of aliphatic hydroxyl groups is 1. The van der Waals surface area contributed by atoms with E-state index >= 15 is 0 Å². The van der Waals surface area contributed by atoms with Gasteiger partial charge in [-0.25, -0.2) is 0 Å². The maximum Gasteiger partial charge on any atom is 0.0835 e. The number of fused-ring (bicyclic) bond motifs is 1. The van der Waals surface area contributed by atoms with Crippen molar-refractivity contribution in [3.8, 4) is 0 Å². The first-order valence-electron chi connectivity index (χ1n) is 4.77. The molecule has 80 valence electrons. The molecule has 15 heavy (non-hydrogen) atoms. The number of hydrogen-bond acceptors (Lipinski definition) is 1. The number of nitrogens with zero attached hydrogens (tertiary/aromatic N) is 1. The van der Waals surface area contributed by atoms with Crippen molar-refractivity contribution in [3.05, 3.63) is 34.4 Å². The fraction of sp³-hybridized carbons (Fsp3) is 0.273. The van der Waals surface area contributed by atoms with Gasteiger partial charge in [0.1, 0.15) is 0 Å². The molecule has 2 nitrogen and oxygen atoms in total. The zero-order valence-electron chi connectivity index (χ0n) is 8.08. The van der Waals surface area contributed by atoms with E-state index in [1.165, 1.54) is 0 Å². The van der Waals surface area contributed by atoms with Gasteiger partial charge in [-0.1, -0.05) is 29.3 Å². The summed E-state index contributed by atoms with van der Waals surface area (Å²) in [5, 5.41) is 11.0. The first-order valence-corrected chi connectivity index (χ1v) is 5.53. The second-order valence-corrected chi connectivity index (χ2v) is 4.17. The molecule has 1 aromatic carbocycles. The normalized spacial score (nSPS) is 11.1. The molecule has 0 spiro atoms. The van der Waals surface area contributed by atoms with Crippen LogP contribution < -0.4 is 0 Å². The number of hydrogen-bond donors (Lipinski definition) is 1. The lowest BCUT2D eigenvalue weighted by Crippen LogP contribution is -1.98. The van der Waals surface area contributed by atoms with Crippen LogP contribution in [0.2, 0.25) is 10.0 Å². The zero-order valence-corrected chi connectivity index (χ0v) is 9.59. The second-order valence-electron chi connectivity index (χ2n) is 3.39. The standard InChI is InChI=1S/C11H11Cl2NO/c12-9-3-2-8-4-6-14(5-1-7-15)11(8)10(9)13/h2-4,6,15H,1,5,7H2. The van der Waals surface area contributed by atoms with Gasteiger partial charge in [-0.2, -0.15) is 0 Å². The van der Waals surface area contributed by atoms with E-state index in [0.29, 0.717) is 16.5 Å². The van der Waals surface area contributed by atoms with Gasteiger partial charge in [0.2, 0.25) is 0 Å². The fourth-order valence-electron chi connectivity index (χ4n) is 1.65. The van der Waals surface area contributed by atoms with E-state index in [1.807, 2.05) is 22.9 Å². The molecule has 0 saturated heterocycles. The van der Waals surface area contributed by atoms with Gasteiger partial charge in [0, 0.05) is 24.7 Å². The molecule has 0 unspecified atom stereocenters. The van der Waals surface area contributed by atoms with E-state index in [1.54, 1.807) is 6.07 Å². The molecule has 0 aliphatic carbocycles. The van der Waals surface area contributed by atoms with Gasteiger partial charge >= 0.3 is 0 Å². The number of halogens is 2. The Morgan fingerprint density at radius 3 is 2.73 bits per heavy atom. The van der Waals surface area contributed by atoms with Gasteiger partial charge in [-0.15, -0.1) is 0 Å². The maximum absolute atomic E-state index is 8.79. The molecule has 0 radical (unpaired) electrons. The topological polar surface area (TPSA) is 25.2 Å². The minimum Gasteiger partial charge on any atom is -0.396 e. The van der Waals surface area contributed by atoms with Crippen molar-refractivity contribution in [1.82, 2.24) is 4.57 Å². The number of aromatic nitrogens is 1. The van der Waals surface area contributed by atoms with E-state index in [4.69, 9.17) is 28.3 Å². The first kappa shape index (κ1) is 10.8. The second kappa shape index (κ2) is 4.44. The van der Waals surface area contributed by atoms with Crippen molar-refractivity contribution >= 4 is 34.1 Å². The van der Waals surface area contributed by atoms with Crippen LogP contribution in [0.1, 0.15) is 6.42 Å². The largest absolute Gasteiger partial charge is 0.396 e. The van der Waals surface area contributed by atoms with E-state index in [0.717, 1.165) is 17.4 Å². The number of aliphatic hydroxyl groups excluding tert-OH is 1. The average molecular weight is 244 g/mol. The summed E-state index contributed by atoms with van der Waals surface area (Å²) in [5.41, 5.74) is 0.942. The van der Waals surface area contributed by atoms with Crippen LogP contribution in [-0.2, 0) is 6.54 Å². The number of aryl methyl sites for hydroxylation is 1. The van der Waals surface area contributed by atoms with Crippen molar-refractivity contribution in [1.29, 1.82) is 0 Å². The molecule has 0 fully saturated rings. The quantitative estimate of drug-likeness (QED) is 0.880. The predicted octanol–water partition coefficient (Wildman–Crippen LogP) is 3.33. The van der Waals surface area contributed by atoms with Crippen LogP contribution in [0.5, 0.6) is 0 Å². The van der Waals surface area contributed by atoms with Gasteiger partial charge in [0.25, 0.3) is 0 Å². The fourth-order valence-corrected chi connectivity index (χ4v) is 2.09. The summed E-state index contributed by atoms with van der Waals surface area (Å²) in [6.07, 6.45) is 2.68. The lowest BCUT2D eigenvalue weighted by Gasteiger charge is -2.06. The van der Waals surface area contributed by atoms with Crippen LogP contribution in [0.4, 0.5) is 0 Å². The molecule has 0 amide bonds. The molecule has 0 aliphatic heterocycles. The summed E-state index contributed by atoms with van der Waals surface area (Å²) in [6.45, 7) is 0.928. The van der Waals surface area contributed by atoms with Crippen LogP contribution in [0.25, 0.3) is 10.9 Å². The molecule has 0 atom stereocenters. The monoisotopic (exact) mass is 243 g/mol. The van der Waals surface area contributed by atoms with Crippen LogP contribution in [-0.4, -0.2) is 16.3 Å². The highest BCUT2D eigenvalue weighted by atomic mass is 35.5. The highest BCUT2D eigenvalue weighted by Crippen LogP contribution is 2.31. The lowest BCUT2D eigenvalue weighted by molar-refractivity contribution is 0.280. The van der Waals surface area contributed by atoms with Crippen molar-refractivity contribution in [2.45, 2.75) is 13.0 Å². The van der Waals surface area contributed by atoms with Gasteiger partial charge in [-0.05, 0) is 18.6 Å². The Balaban J connectivity index is 2.51. The minimum absolute atomic E-state index is 0.178. The molecular weight excluding hydrogens is 233 g/mol. The van der Waals surface area contributed by atoms with Gasteiger partial charge < -0.3 is 9.67 Å². The minimum atomic E-state index is 0.178. The Morgan fingerprint density at radius 2 is 2.00 bits per heavy atom. The average Bonchev–Trinajstić information content (AvgIpc) is 2.64. The van der Waals surface area contributed by atoms with Crippen LogP contribution >= 0.6 is 23.2 Å². The zero-order chi connectivity index (χ0) is 10.8. The van der Waals surface area contributed by atoms with Crippen molar-refractivity contribution in [2.24, 2.45) is 0 Å². The molecule has 2 rings (SSSR count). The summed E-state index contributed by atoms with van der Waals surface area (Å²) in [5.74, 6) is 0. The summed E-state index contributed by atoms with van der Waals surface area (Å²) in [4.78, 5) is 0. The molecule has 4 heteroatoms. The van der Waals surface area contributed by atoms with Crippen molar-refractivity contribution < 1.29 is 5.11 Å². The summed E-state index contributed by atoms with van der Waals surface area (Å²) < 4.78 is 2.01. The Bertz CT molecular complexity index is 479. The van der Waals surface area contributed by atoms with Crippen LogP contribution in [0, 0.1) is 0 Å². The van der Waals surface area contributed by atoms with E-state index in [9.17, 15) is 0 Å². The van der Waals surface area contributed by atoms with Gasteiger partial charge in [0.15, 0.2) is 0 Å². The maximum atomic E-state index is 8.79. The van der Waals surface area contributed by atoms with Crippen molar-refractivity contribution in [2.75, 3.05) is 6.61 Å². The molecule has 0 aliphatic rings. The molecule has 0 bridgehead atoms. The third-order valence-electron chi connectivity index (χ3n) is 2.38. The highest BCUT2D eigenvalue weighted by Gasteiger charge is 2.08. The van der Waals surface area contributed by atoms with Gasteiger partial charge in [0.05, 0.1) is 15.6 Å². The molecule has 0 saturated carbocycles. The van der Waals surface area contributed by atoms with Crippen molar-refractivity contribution in [3.63, 3.8) is 0 Å². The molecule has 1 heterocycles. The SMILES string of the molecule is OCCCn1ccc2ccc(Cl)c(Cl)c21. The Morgan fingerprint density at radius 1 is 1.20 bits per heavy atom. The highest BCUT2D eigenvalue weighted by molar-refractivity contribution is 6.45. The molecule has 1 aromatic heterocycles. The summed E-state index contributed by atoms with van der Waals surface area (Å²) >= 11 is 12.1. The van der Waals surface area contributed by atoms with Crippen LogP contribution in [0.15, 0.2) is 24.4 Å². The third-order valence-corrected chi connectivity index (χ3v) is 3.17. The summed E-state index contributed by atoms with van der Waals surface area (Å²) in [6, 6.07) is 5.73. The van der Waals surface area contributed by atoms with Crippen LogP contribution in [0.3, 0.4) is 0 Å². The van der Waals surface area contributed by atoms with Gasteiger partial charge in [-0.3, -0.25) is 0 Å². The smallest absolute Gasteiger partial charge is 0.0835 e. The molecule has 1 N–H and O–H groups in total. The number of rotatable bonds is 3.